The van der Waals surface area contributed by atoms with Crippen molar-refractivity contribution in [3.63, 3.8) is 0 Å². The van der Waals surface area contributed by atoms with Gasteiger partial charge >= 0.3 is 0 Å². The Morgan fingerprint density at radius 2 is 2.17 bits per heavy atom. The predicted molar refractivity (Wildman–Crippen MR) is 53.3 cm³/mol. The van der Waals surface area contributed by atoms with Crippen LogP contribution in [0.5, 0.6) is 0 Å². The zero-order valence-electron chi connectivity index (χ0n) is 6.50. The van der Waals surface area contributed by atoms with E-state index in [1.54, 1.807) is 0 Å². The minimum absolute atomic E-state index is 0. The fourth-order valence-electron chi connectivity index (χ4n) is 1.20. The molecule has 1 aromatic rings. The lowest BCUT2D eigenvalue weighted by Crippen LogP contribution is -2.10. The van der Waals surface area contributed by atoms with Crippen LogP contribution < -0.4 is 5.73 Å². The molecule has 0 bridgehead atoms. The zero-order valence-corrected chi connectivity index (χ0v) is 8.90. The van der Waals surface area contributed by atoms with Gasteiger partial charge in [-0.3, -0.25) is 0 Å². The second-order valence-electron chi connectivity index (χ2n) is 3.01. The summed E-state index contributed by atoms with van der Waals surface area (Å²) in [5, 5.41) is 0. The SMILES string of the molecule is Cl.N[C@H](c1ccc(Br)o1)C1CC1. The van der Waals surface area contributed by atoms with Crippen LogP contribution in [0.2, 0.25) is 0 Å². The Morgan fingerprint density at radius 1 is 1.50 bits per heavy atom. The van der Waals surface area contributed by atoms with Gasteiger partial charge in [0.05, 0.1) is 6.04 Å². The highest BCUT2D eigenvalue weighted by molar-refractivity contribution is 9.10. The molecule has 1 aliphatic rings. The monoisotopic (exact) mass is 251 g/mol. The Labute approximate surface area is 86.0 Å². The lowest BCUT2D eigenvalue weighted by Gasteiger charge is -2.04. The van der Waals surface area contributed by atoms with Crippen LogP contribution in [0.1, 0.15) is 24.6 Å². The topological polar surface area (TPSA) is 39.2 Å². The third-order valence-corrected chi connectivity index (χ3v) is 2.48. The van der Waals surface area contributed by atoms with Gasteiger partial charge in [0.1, 0.15) is 5.76 Å². The molecule has 0 radical (unpaired) electrons. The number of hydrogen-bond acceptors (Lipinski definition) is 2. The van der Waals surface area contributed by atoms with Gasteiger partial charge in [-0.25, -0.2) is 0 Å². The molecule has 0 aliphatic heterocycles. The molecule has 0 unspecified atom stereocenters. The van der Waals surface area contributed by atoms with Gasteiger partial charge in [-0.2, -0.15) is 0 Å². The molecule has 4 heteroatoms. The minimum Gasteiger partial charge on any atom is -0.453 e. The number of nitrogens with two attached hydrogens (primary N) is 1. The first-order valence-electron chi connectivity index (χ1n) is 3.78. The number of hydrogen-bond donors (Lipinski definition) is 1. The van der Waals surface area contributed by atoms with Crippen molar-refractivity contribution in [1.82, 2.24) is 0 Å². The summed E-state index contributed by atoms with van der Waals surface area (Å²) in [6.45, 7) is 0. The summed E-state index contributed by atoms with van der Waals surface area (Å²) >= 11 is 3.25. The quantitative estimate of drug-likeness (QED) is 0.879. The van der Waals surface area contributed by atoms with E-state index in [2.05, 4.69) is 15.9 Å². The first kappa shape index (κ1) is 10.1. The molecule has 12 heavy (non-hydrogen) atoms. The molecule has 0 saturated heterocycles. The van der Waals surface area contributed by atoms with Gasteiger partial charge in [-0.15, -0.1) is 12.4 Å². The van der Waals surface area contributed by atoms with Crippen LogP contribution >= 0.6 is 28.3 Å². The van der Waals surface area contributed by atoms with Crippen molar-refractivity contribution in [3.8, 4) is 0 Å². The van der Waals surface area contributed by atoms with Crippen molar-refractivity contribution in [3.05, 3.63) is 22.6 Å². The van der Waals surface area contributed by atoms with Crippen LogP contribution in [-0.2, 0) is 0 Å². The van der Waals surface area contributed by atoms with Crippen molar-refractivity contribution in [2.75, 3.05) is 0 Å². The maximum atomic E-state index is 5.90. The molecule has 68 valence electrons. The van der Waals surface area contributed by atoms with E-state index in [1.807, 2.05) is 12.1 Å². The molecule has 1 heterocycles. The minimum atomic E-state index is 0. The first-order chi connectivity index (χ1) is 5.27. The van der Waals surface area contributed by atoms with E-state index in [9.17, 15) is 0 Å². The number of furan rings is 1. The Kier molecular flexibility index (Phi) is 3.21. The van der Waals surface area contributed by atoms with Gasteiger partial charge < -0.3 is 10.2 Å². The highest BCUT2D eigenvalue weighted by Gasteiger charge is 2.31. The summed E-state index contributed by atoms with van der Waals surface area (Å²) in [4.78, 5) is 0. The Hall–Kier alpha value is 0.01000. The van der Waals surface area contributed by atoms with Crippen molar-refractivity contribution < 1.29 is 4.42 Å². The largest absolute Gasteiger partial charge is 0.453 e. The average molecular weight is 253 g/mol. The van der Waals surface area contributed by atoms with E-state index in [1.165, 1.54) is 12.8 Å². The summed E-state index contributed by atoms with van der Waals surface area (Å²) < 4.78 is 6.11. The van der Waals surface area contributed by atoms with Gasteiger partial charge in [-0.05, 0) is 46.8 Å². The summed E-state index contributed by atoms with van der Waals surface area (Å²) in [6.07, 6.45) is 2.50. The van der Waals surface area contributed by atoms with E-state index in [4.69, 9.17) is 10.2 Å². The molecule has 2 rings (SSSR count). The first-order valence-corrected chi connectivity index (χ1v) is 4.57. The maximum absolute atomic E-state index is 5.90. The summed E-state index contributed by atoms with van der Waals surface area (Å²) in [5.41, 5.74) is 5.90. The highest BCUT2D eigenvalue weighted by atomic mass is 79.9. The van der Waals surface area contributed by atoms with Crippen molar-refractivity contribution >= 4 is 28.3 Å². The molecular weight excluding hydrogens is 241 g/mol. The van der Waals surface area contributed by atoms with Crippen molar-refractivity contribution in [2.24, 2.45) is 11.7 Å². The van der Waals surface area contributed by atoms with Gasteiger partial charge in [-0.1, -0.05) is 0 Å². The summed E-state index contributed by atoms with van der Waals surface area (Å²) in [6, 6.07) is 3.94. The van der Waals surface area contributed by atoms with E-state index in [0.29, 0.717) is 5.92 Å². The molecule has 0 aromatic carbocycles. The number of halogens is 2. The van der Waals surface area contributed by atoms with Gasteiger partial charge in [0.15, 0.2) is 4.67 Å². The third kappa shape index (κ3) is 2.03. The Balaban J connectivity index is 0.000000720. The lowest BCUT2D eigenvalue weighted by atomic mass is 10.1. The van der Waals surface area contributed by atoms with Crippen LogP contribution in [-0.4, -0.2) is 0 Å². The van der Waals surface area contributed by atoms with Crippen LogP contribution in [0, 0.1) is 5.92 Å². The summed E-state index contributed by atoms with van der Waals surface area (Å²) in [7, 11) is 0. The third-order valence-electron chi connectivity index (χ3n) is 2.05. The molecular formula is C8H11BrClNO. The van der Waals surface area contributed by atoms with Crippen LogP contribution in [0.25, 0.3) is 0 Å². The van der Waals surface area contributed by atoms with Crippen LogP contribution in [0.4, 0.5) is 0 Å². The molecule has 1 atom stereocenters. The van der Waals surface area contributed by atoms with E-state index in [-0.39, 0.29) is 18.4 Å². The molecule has 2 nitrogen and oxygen atoms in total. The molecule has 2 N–H and O–H groups in total. The predicted octanol–water partition coefficient (Wildman–Crippen LogP) is 2.87. The fourth-order valence-corrected chi connectivity index (χ4v) is 1.51. The van der Waals surface area contributed by atoms with Gasteiger partial charge in [0.2, 0.25) is 0 Å². The second-order valence-corrected chi connectivity index (χ2v) is 3.79. The molecule has 1 fully saturated rings. The normalized spacial score (nSPS) is 18.5. The Bertz CT molecular complexity index is 259. The van der Waals surface area contributed by atoms with Gasteiger partial charge in [0.25, 0.3) is 0 Å². The number of rotatable bonds is 2. The molecule has 1 aromatic heterocycles. The van der Waals surface area contributed by atoms with Crippen LogP contribution in [0.15, 0.2) is 21.2 Å². The average Bonchev–Trinajstić information content (AvgIpc) is 2.74. The maximum Gasteiger partial charge on any atom is 0.169 e. The molecule has 0 amide bonds. The lowest BCUT2D eigenvalue weighted by molar-refractivity contribution is 0.428. The van der Waals surface area contributed by atoms with Crippen LogP contribution in [0.3, 0.4) is 0 Å². The van der Waals surface area contributed by atoms with E-state index < -0.39 is 0 Å². The fraction of sp³-hybridized carbons (Fsp3) is 0.500. The van der Waals surface area contributed by atoms with Crippen molar-refractivity contribution in [1.29, 1.82) is 0 Å². The summed E-state index contributed by atoms with van der Waals surface area (Å²) in [5.74, 6) is 1.56. The van der Waals surface area contributed by atoms with Gasteiger partial charge in [0, 0.05) is 0 Å². The van der Waals surface area contributed by atoms with Crippen molar-refractivity contribution in [2.45, 2.75) is 18.9 Å². The smallest absolute Gasteiger partial charge is 0.169 e. The van der Waals surface area contributed by atoms with E-state index in [0.717, 1.165) is 10.4 Å². The highest BCUT2D eigenvalue weighted by Crippen LogP contribution is 2.40. The second kappa shape index (κ2) is 3.81. The molecule has 1 saturated carbocycles. The van der Waals surface area contributed by atoms with E-state index >= 15 is 0 Å². The zero-order chi connectivity index (χ0) is 7.84. The Morgan fingerprint density at radius 3 is 2.58 bits per heavy atom. The standard InChI is InChI=1S/C8H10BrNO.ClH/c9-7-4-3-6(11-7)8(10)5-1-2-5;/h3-5,8H,1-2,10H2;1H/t8-;/m0./s1. The molecule has 0 spiro atoms. The molecule has 1 aliphatic carbocycles.